The molecular weight excluding hydrogens is 556 g/mol. The van der Waals surface area contributed by atoms with Crippen molar-refractivity contribution in [2.75, 3.05) is 6.61 Å². The van der Waals surface area contributed by atoms with Crippen LogP contribution in [0.5, 0.6) is 5.75 Å². The number of hydrogen-bond donors (Lipinski definition) is 2. The van der Waals surface area contributed by atoms with Crippen molar-refractivity contribution in [3.05, 3.63) is 130 Å². The first-order valence-electron chi connectivity index (χ1n) is 14.4. The number of aryl methyl sites for hydroxylation is 2. The molecule has 44 heavy (non-hydrogen) atoms. The van der Waals surface area contributed by atoms with Gasteiger partial charge in [0.2, 0.25) is 5.89 Å². The number of amides is 1. The molecule has 8 nitrogen and oxygen atoms in total. The van der Waals surface area contributed by atoms with Gasteiger partial charge in [0.15, 0.2) is 5.78 Å². The fourth-order valence-corrected chi connectivity index (χ4v) is 5.51. The van der Waals surface area contributed by atoms with Crippen LogP contribution in [0.2, 0.25) is 0 Å². The highest BCUT2D eigenvalue weighted by atomic mass is 16.5. The zero-order valence-corrected chi connectivity index (χ0v) is 24.1. The summed E-state index contributed by atoms with van der Waals surface area (Å²) in [6.45, 7) is 2.39. The van der Waals surface area contributed by atoms with Crippen LogP contribution in [-0.4, -0.2) is 34.4 Å². The third-order valence-corrected chi connectivity index (χ3v) is 7.74. The van der Waals surface area contributed by atoms with Gasteiger partial charge in [-0.25, -0.2) is 4.98 Å². The van der Waals surface area contributed by atoms with Crippen LogP contribution in [0.15, 0.2) is 95.4 Å². The van der Waals surface area contributed by atoms with Gasteiger partial charge in [-0.15, -0.1) is 0 Å². The first kappa shape index (κ1) is 28.6. The van der Waals surface area contributed by atoms with Gasteiger partial charge in [0, 0.05) is 47.2 Å². The molecular formula is C36H30N2O6. The molecule has 1 amide bonds. The Balaban J connectivity index is 1.17. The zero-order valence-electron chi connectivity index (χ0n) is 24.1. The number of rotatable bonds is 11. The van der Waals surface area contributed by atoms with Gasteiger partial charge < -0.3 is 19.6 Å². The Hall–Kier alpha value is -5.50. The SMILES string of the molecule is Cc1oc(-c2ccccc2)nc1CCOc1ccc(CCC(=O)O)c(CNC(=O)c2cccc3c2-c2ccccc2C3=O)c1. The number of carboxylic acid groups (broad SMARTS) is 1. The fraction of sp³-hybridized carbons (Fsp3) is 0.167. The molecule has 5 aromatic rings. The Bertz CT molecular complexity index is 1880. The summed E-state index contributed by atoms with van der Waals surface area (Å²) in [5, 5.41) is 12.2. The standard InChI is InChI=1S/C36H30N2O6/c1-22-31(38-36(44-22)24-8-3-2-4-9-24)18-19-43-26-16-14-23(15-17-32(39)40)25(20-26)21-37-35(42)30-13-7-12-29-33(30)27-10-5-6-11-28(27)34(29)41/h2-14,16,20H,15,17-19,21H2,1H3,(H,37,42)(H,39,40). The first-order chi connectivity index (χ1) is 21.4. The minimum atomic E-state index is -0.902. The van der Waals surface area contributed by atoms with Crippen molar-refractivity contribution in [2.45, 2.75) is 32.7 Å². The number of ketones is 1. The van der Waals surface area contributed by atoms with Crippen LogP contribution in [-0.2, 0) is 24.2 Å². The summed E-state index contributed by atoms with van der Waals surface area (Å²) in [4.78, 5) is 42.3. The van der Waals surface area contributed by atoms with Crippen molar-refractivity contribution >= 4 is 17.7 Å². The Kier molecular flexibility index (Phi) is 8.06. The lowest BCUT2D eigenvalue weighted by Gasteiger charge is -2.14. The monoisotopic (exact) mass is 586 g/mol. The normalized spacial score (nSPS) is 11.6. The van der Waals surface area contributed by atoms with E-state index in [0.717, 1.165) is 33.7 Å². The summed E-state index contributed by atoms with van der Waals surface area (Å²) in [6.07, 6.45) is 0.805. The molecule has 0 fully saturated rings. The lowest BCUT2D eigenvalue weighted by Crippen LogP contribution is -2.24. The van der Waals surface area contributed by atoms with Gasteiger partial charge in [-0.1, -0.05) is 60.7 Å². The summed E-state index contributed by atoms with van der Waals surface area (Å²) in [5.74, 6) is 0.576. The number of carbonyl (C=O) groups excluding carboxylic acids is 2. The van der Waals surface area contributed by atoms with Gasteiger partial charge in [0.25, 0.3) is 5.91 Å². The van der Waals surface area contributed by atoms with Crippen molar-refractivity contribution in [2.24, 2.45) is 0 Å². The number of fused-ring (bicyclic) bond motifs is 3. The second-order valence-corrected chi connectivity index (χ2v) is 10.6. The van der Waals surface area contributed by atoms with E-state index >= 15 is 0 Å². The van der Waals surface area contributed by atoms with Gasteiger partial charge in [-0.2, -0.15) is 0 Å². The van der Waals surface area contributed by atoms with Crippen LogP contribution in [0.3, 0.4) is 0 Å². The highest BCUT2D eigenvalue weighted by molar-refractivity contribution is 6.24. The van der Waals surface area contributed by atoms with E-state index in [9.17, 15) is 19.5 Å². The molecule has 0 spiro atoms. The molecule has 0 saturated carbocycles. The molecule has 1 aliphatic rings. The molecule has 0 aliphatic heterocycles. The van der Waals surface area contributed by atoms with E-state index in [1.54, 1.807) is 30.3 Å². The lowest BCUT2D eigenvalue weighted by atomic mass is 9.98. The molecule has 0 radical (unpaired) electrons. The highest BCUT2D eigenvalue weighted by Gasteiger charge is 2.30. The number of nitrogens with zero attached hydrogens (tertiary/aromatic N) is 1. The number of oxazole rings is 1. The average Bonchev–Trinajstić information content (AvgIpc) is 3.56. The lowest BCUT2D eigenvalue weighted by molar-refractivity contribution is -0.136. The number of carbonyl (C=O) groups is 3. The Morgan fingerprint density at radius 2 is 1.61 bits per heavy atom. The van der Waals surface area contributed by atoms with E-state index in [1.165, 1.54) is 0 Å². The number of ether oxygens (including phenoxy) is 1. The Labute approximate surface area is 254 Å². The van der Waals surface area contributed by atoms with E-state index < -0.39 is 5.97 Å². The Morgan fingerprint density at radius 3 is 2.41 bits per heavy atom. The number of carboxylic acids is 1. The molecule has 1 aliphatic carbocycles. The topological polar surface area (TPSA) is 119 Å². The maximum absolute atomic E-state index is 13.5. The smallest absolute Gasteiger partial charge is 0.303 e. The quantitative estimate of drug-likeness (QED) is 0.180. The molecule has 8 heteroatoms. The molecule has 1 aromatic heterocycles. The van der Waals surface area contributed by atoms with Crippen molar-refractivity contribution in [1.82, 2.24) is 10.3 Å². The highest BCUT2D eigenvalue weighted by Crippen LogP contribution is 2.38. The molecule has 6 rings (SSSR count). The number of nitrogens with one attached hydrogen (secondary N) is 1. The number of benzene rings is 4. The molecule has 0 saturated heterocycles. The van der Waals surface area contributed by atoms with Crippen LogP contribution >= 0.6 is 0 Å². The maximum atomic E-state index is 13.5. The van der Waals surface area contributed by atoms with Crippen LogP contribution in [0.4, 0.5) is 0 Å². The number of aromatic nitrogens is 1. The average molecular weight is 587 g/mol. The zero-order chi connectivity index (χ0) is 30.6. The maximum Gasteiger partial charge on any atom is 0.303 e. The van der Waals surface area contributed by atoms with Gasteiger partial charge in [-0.3, -0.25) is 14.4 Å². The second-order valence-electron chi connectivity index (χ2n) is 10.6. The van der Waals surface area contributed by atoms with E-state index in [0.29, 0.717) is 53.3 Å². The molecule has 2 N–H and O–H groups in total. The summed E-state index contributed by atoms with van der Waals surface area (Å²) in [5.41, 5.74) is 6.16. The summed E-state index contributed by atoms with van der Waals surface area (Å²) < 4.78 is 11.9. The summed E-state index contributed by atoms with van der Waals surface area (Å²) in [6, 6.07) is 27.6. The summed E-state index contributed by atoms with van der Waals surface area (Å²) in [7, 11) is 0. The fourth-order valence-electron chi connectivity index (χ4n) is 5.51. The van der Waals surface area contributed by atoms with Gasteiger partial charge in [-0.05, 0) is 60.4 Å². The van der Waals surface area contributed by atoms with E-state index in [1.807, 2.05) is 67.6 Å². The largest absolute Gasteiger partial charge is 0.493 e. The predicted octanol–water partition coefficient (Wildman–Crippen LogP) is 6.43. The van der Waals surface area contributed by atoms with E-state index in [2.05, 4.69) is 10.3 Å². The predicted molar refractivity (Wildman–Crippen MR) is 165 cm³/mol. The third-order valence-electron chi connectivity index (χ3n) is 7.74. The van der Waals surface area contributed by atoms with Crippen LogP contribution < -0.4 is 10.1 Å². The molecule has 0 atom stereocenters. The molecule has 0 bridgehead atoms. The summed E-state index contributed by atoms with van der Waals surface area (Å²) >= 11 is 0. The number of hydrogen-bond acceptors (Lipinski definition) is 6. The Morgan fingerprint density at radius 1 is 0.864 bits per heavy atom. The van der Waals surface area contributed by atoms with Crippen molar-refractivity contribution in [1.29, 1.82) is 0 Å². The molecule has 0 unspecified atom stereocenters. The minimum Gasteiger partial charge on any atom is -0.493 e. The van der Waals surface area contributed by atoms with Gasteiger partial charge >= 0.3 is 5.97 Å². The van der Waals surface area contributed by atoms with Gasteiger partial charge in [0.05, 0.1) is 12.3 Å². The first-order valence-corrected chi connectivity index (χ1v) is 14.4. The van der Waals surface area contributed by atoms with Crippen molar-refractivity contribution < 1.29 is 28.6 Å². The van der Waals surface area contributed by atoms with E-state index in [-0.39, 0.29) is 24.7 Å². The third kappa shape index (κ3) is 5.87. The van der Waals surface area contributed by atoms with Crippen molar-refractivity contribution in [3.63, 3.8) is 0 Å². The van der Waals surface area contributed by atoms with Crippen molar-refractivity contribution in [3.8, 4) is 28.3 Å². The van der Waals surface area contributed by atoms with Gasteiger partial charge in [0.1, 0.15) is 11.5 Å². The molecule has 4 aromatic carbocycles. The molecule has 1 heterocycles. The van der Waals surface area contributed by atoms with Crippen LogP contribution in [0.25, 0.3) is 22.6 Å². The molecule has 220 valence electrons. The van der Waals surface area contributed by atoms with Crippen LogP contribution in [0.1, 0.15) is 55.3 Å². The van der Waals surface area contributed by atoms with Crippen LogP contribution in [0, 0.1) is 6.92 Å². The second kappa shape index (κ2) is 12.4. The minimum absolute atomic E-state index is 0.0403. The number of aliphatic carboxylic acids is 1. The van der Waals surface area contributed by atoms with E-state index in [4.69, 9.17) is 9.15 Å².